The highest BCUT2D eigenvalue weighted by Crippen LogP contribution is 2.50. The van der Waals surface area contributed by atoms with Gasteiger partial charge in [0.15, 0.2) is 0 Å². The zero-order chi connectivity index (χ0) is 36.0. The number of carbonyl (C=O) groups is 3. The number of hydrogen-bond acceptors (Lipinski definition) is 7. The highest BCUT2D eigenvalue weighted by Gasteiger charge is 2.44. The highest BCUT2D eigenvalue weighted by atomic mass is 16.6. The molecular formula is C41H52N4O6. The van der Waals surface area contributed by atoms with Crippen LogP contribution in [0.1, 0.15) is 76.0 Å². The van der Waals surface area contributed by atoms with Gasteiger partial charge in [0.1, 0.15) is 17.1 Å². The summed E-state index contributed by atoms with van der Waals surface area (Å²) in [5.74, 6) is 1.32. The van der Waals surface area contributed by atoms with Crippen molar-refractivity contribution >= 4 is 17.9 Å². The minimum Gasteiger partial charge on any atom is -0.457 e. The summed E-state index contributed by atoms with van der Waals surface area (Å²) in [6.07, 6.45) is 8.31. The topological polar surface area (TPSA) is 110 Å². The molecule has 2 atom stereocenters. The number of ether oxygens (including phenoxy) is 3. The van der Waals surface area contributed by atoms with Gasteiger partial charge in [-0.2, -0.15) is 0 Å². The Morgan fingerprint density at radius 2 is 1.63 bits per heavy atom. The van der Waals surface area contributed by atoms with Crippen LogP contribution in [0, 0.1) is 11.8 Å². The number of pyridine rings is 1. The third kappa shape index (κ3) is 8.90. The van der Waals surface area contributed by atoms with Crippen molar-refractivity contribution in [2.24, 2.45) is 11.8 Å². The number of aromatic nitrogens is 1. The summed E-state index contributed by atoms with van der Waals surface area (Å²) in [5, 5.41) is 3.36. The molecule has 10 heteroatoms. The molecule has 0 bridgehead atoms. The van der Waals surface area contributed by atoms with Crippen molar-refractivity contribution in [1.82, 2.24) is 20.1 Å². The van der Waals surface area contributed by atoms with Gasteiger partial charge in [-0.15, -0.1) is 0 Å². The van der Waals surface area contributed by atoms with Crippen LogP contribution in [-0.4, -0.2) is 84.2 Å². The van der Waals surface area contributed by atoms with Gasteiger partial charge in [0.25, 0.3) is 0 Å². The van der Waals surface area contributed by atoms with E-state index in [1.807, 2.05) is 74.2 Å². The van der Waals surface area contributed by atoms with Crippen molar-refractivity contribution in [2.45, 2.75) is 82.8 Å². The molecule has 1 saturated carbocycles. The maximum atomic E-state index is 14.4. The minimum atomic E-state index is -0.703. The van der Waals surface area contributed by atoms with Crippen molar-refractivity contribution in [3.63, 3.8) is 0 Å². The number of nitrogens with one attached hydrogen (secondary N) is 1. The van der Waals surface area contributed by atoms with Crippen LogP contribution in [0.15, 0.2) is 73.1 Å². The fourth-order valence-corrected chi connectivity index (χ4v) is 7.54. The fourth-order valence-electron chi connectivity index (χ4n) is 7.54. The van der Waals surface area contributed by atoms with Crippen molar-refractivity contribution < 1.29 is 28.6 Å². The molecule has 3 aromatic rings. The Bertz CT molecular complexity index is 1620. The molecule has 272 valence electrons. The van der Waals surface area contributed by atoms with Gasteiger partial charge in [-0.3, -0.25) is 14.6 Å². The maximum Gasteiger partial charge on any atom is 0.410 e. The van der Waals surface area contributed by atoms with Crippen LogP contribution in [0.4, 0.5) is 4.79 Å². The lowest BCUT2D eigenvalue weighted by atomic mass is 9.69. The number of benzene rings is 2. The van der Waals surface area contributed by atoms with E-state index in [1.165, 1.54) is 0 Å². The van der Waals surface area contributed by atoms with Gasteiger partial charge in [0.2, 0.25) is 11.8 Å². The lowest BCUT2D eigenvalue weighted by Crippen LogP contribution is -2.58. The van der Waals surface area contributed by atoms with Crippen molar-refractivity contribution in [1.29, 1.82) is 0 Å². The smallest absolute Gasteiger partial charge is 0.410 e. The number of para-hydroxylation sites is 2. The number of rotatable bonds is 13. The van der Waals surface area contributed by atoms with Crippen LogP contribution < -0.4 is 10.1 Å². The number of unbranched alkanes of at least 4 members (excludes halogenated alkanes) is 1. The van der Waals surface area contributed by atoms with E-state index >= 15 is 0 Å². The van der Waals surface area contributed by atoms with E-state index in [-0.39, 0.29) is 30.8 Å². The molecule has 3 aliphatic rings. The lowest BCUT2D eigenvalue weighted by Gasteiger charge is -2.43. The van der Waals surface area contributed by atoms with Gasteiger partial charge in [0, 0.05) is 68.8 Å². The number of piperidine rings is 1. The third-order valence-electron chi connectivity index (χ3n) is 10.3. The van der Waals surface area contributed by atoms with E-state index in [9.17, 15) is 14.4 Å². The van der Waals surface area contributed by atoms with E-state index in [0.717, 1.165) is 60.3 Å². The van der Waals surface area contributed by atoms with Crippen molar-refractivity contribution in [3.8, 4) is 11.5 Å². The number of amides is 3. The molecular weight excluding hydrogens is 644 g/mol. The van der Waals surface area contributed by atoms with Crippen molar-refractivity contribution in [2.75, 3.05) is 39.9 Å². The standard InChI is InChI=1S/C41H52N4O6/c1-40(2,3)51-39(48)44-26-31(24-32(27-44)45(25-30-15-16-30)37(46)23-29-17-20-42-21-18-29)38(47)43-28-41(19-9-10-22-49-4)33-11-5-7-13-35(33)50-36-14-8-6-12-34(36)41/h5-8,11-14,17-18,20-21,30-32H,9-10,15-16,19,22-28H2,1-4H3,(H,43,47). The van der Waals surface area contributed by atoms with Crippen LogP contribution >= 0.6 is 0 Å². The summed E-state index contributed by atoms with van der Waals surface area (Å²) < 4.78 is 17.6. The molecule has 51 heavy (non-hydrogen) atoms. The number of carbonyl (C=O) groups excluding carboxylic acids is 3. The molecule has 1 aliphatic carbocycles. The summed E-state index contributed by atoms with van der Waals surface area (Å²) >= 11 is 0. The van der Waals surface area contributed by atoms with Gasteiger partial charge < -0.3 is 29.3 Å². The summed E-state index contributed by atoms with van der Waals surface area (Å²) in [4.78, 5) is 49.7. The van der Waals surface area contributed by atoms with E-state index in [0.29, 0.717) is 38.6 Å². The number of likely N-dealkylation sites (tertiary alicyclic amines) is 1. The molecule has 3 heterocycles. The molecule has 3 amide bonds. The van der Waals surface area contributed by atoms with Gasteiger partial charge in [0.05, 0.1) is 18.4 Å². The molecule has 2 fully saturated rings. The second kappa shape index (κ2) is 15.8. The molecule has 2 unspecified atom stereocenters. The van der Waals surface area contributed by atoms with Gasteiger partial charge in [-0.1, -0.05) is 36.4 Å². The van der Waals surface area contributed by atoms with Crippen LogP contribution in [0.2, 0.25) is 0 Å². The number of methoxy groups -OCH3 is 1. The Hall–Kier alpha value is -4.44. The first kappa shape index (κ1) is 36.4. The van der Waals surface area contributed by atoms with Gasteiger partial charge >= 0.3 is 6.09 Å². The van der Waals surface area contributed by atoms with Gasteiger partial charge in [-0.25, -0.2) is 4.79 Å². The van der Waals surface area contributed by atoms with Crippen molar-refractivity contribution in [3.05, 3.63) is 89.7 Å². The van der Waals surface area contributed by atoms with E-state index < -0.39 is 23.0 Å². The van der Waals surface area contributed by atoms with Crippen LogP contribution in [0.25, 0.3) is 0 Å². The number of fused-ring (bicyclic) bond motifs is 2. The normalized spacial score (nSPS) is 19.3. The summed E-state index contributed by atoms with van der Waals surface area (Å²) in [6.45, 7) is 7.67. The minimum absolute atomic E-state index is 0.00581. The summed E-state index contributed by atoms with van der Waals surface area (Å²) in [7, 11) is 1.71. The first-order valence-electron chi connectivity index (χ1n) is 18.4. The molecule has 0 radical (unpaired) electrons. The molecule has 2 aromatic carbocycles. The molecule has 10 nitrogen and oxygen atoms in total. The van der Waals surface area contributed by atoms with E-state index in [4.69, 9.17) is 14.2 Å². The van der Waals surface area contributed by atoms with E-state index in [1.54, 1.807) is 24.4 Å². The number of nitrogens with zero attached hydrogens (tertiary/aromatic N) is 3. The second-order valence-electron chi connectivity index (χ2n) is 15.3. The van der Waals surface area contributed by atoms with Crippen LogP contribution in [0.5, 0.6) is 11.5 Å². The Morgan fingerprint density at radius 1 is 0.961 bits per heavy atom. The third-order valence-corrected chi connectivity index (χ3v) is 10.3. The predicted octanol–water partition coefficient (Wildman–Crippen LogP) is 6.51. The van der Waals surface area contributed by atoms with E-state index in [2.05, 4.69) is 22.4 Å². The largest absolute Gasteiger partial charge is 0.457 e. The Balaban J connectivity index is 1.28. The van der Waals surface area contributed by atoms with Crippen LogP contribution in [-0.2, 0) is 30.9 Å². The Kier molecular flexibility index (Phi) is 11.3. The Labute approximate surface area is 301 Å². The molecule has 1 aromatic heterocycles. The maximum absolute atomic E-state index is 14.4. The SMILES string of the molecule is COCCCCC1(CNC(=O)C2CC(N(CC3CC3)C(=O)Cc3ccncc3)CN(C(=O)OC(C)(C)C)C2)c2ccccc2Oc2ccccc21. The fraction of sp³-hybridized carbons (Fsp3) is 0.512. The average Bonchev–Trinajstić information content (AvgIpc) is 3.95. The average molecular weight is 697 g/mol. The van der Waals surface area contributed by atoms with Crippen LogP contribution in [0.3, 0.4) is 0 Å². The molecule has 1 saturated heterocycles. The zero-order valence-electron chi connectivity index (χ0n) is 30.4. The first-order chi connectivity index (χ1) is 24.6. The van der Waals surface area contributed by atoms with Gasteiger partial charge in [-0.05, 0) is 95.0 Å². The first-order valence-corrected chi connectivity index (χ1v) is 18.4. The highest BCUT2D eigenvalue weighted by molar-refractivity contribution is 5.82. The lowest BCUT2D eigenvalue weighted by molar-refractivity contribution is -0.137. The summed E-state index contributed by atoms with van der Waals surface area (Å²) in [5.41, 5.74) is 1.72. The summed E-state index contributed by atoms with van der Waals surface area (Å²) in [6, 6.07) is 19.5. The molecule has 6 rings (SSSR count). The Morgan fingerprint density at radius 3 is 2.25 bits per heavy atom. The quantitative estimate of drug-likeness (QED) is 0.203. The number of hydrogen-bond donors (Lipinski definition) is 1. The molecule has 2 aliphatic heterocycles. The zero-order valence-corrected chi connectivity index (χ0v) is 30.4. The molecule has 1 N–H and O–H groups in total. The monoisotopic (exact) mass is 696 g/mol. The second-order valence-corrected chi connectivity index (χ2v) is 15.3. The molecule has 0 spiro atoms. The predicted molar refractivity (Wildman–Crippen MR) is 195 cm³/mol.